The molecule has 1 rings (SSSR count). The molecule has 0 saturated heterocycles. The van der Waals surface area contributed by atoms with E-state index in [0.717, 1.165) is 0 Å². The van der Waals surface area contributed by atoms with Gasteiger partial charge < -0.3 is 15.3 Å². The topological polar surface area (TPSA) is 86.7 Å². The zero-order chi connectivity index (χ0) is 14.4. The van der Waals surface area contributed by atoms with Crippen LogP contribution in [0.1, 0.15) is 33.1 Å². The number of nitrogens with zero attached hydrogens (tertiary/aromatic N) is 1. The maximum Gasteiger partial charge on any atom is 0.306 e. The van der Waals surface area contributed by atoms with Crippen LogP contribution in [-0.2, 0) is 14.4 Å². The molecule has 1 saturated carbocycles. The molecule has 6 nitrogen and oxygen atoms in total. The van der Waals surface area contributed by atoms with Crippen molar-refractivity contribution in [2.75, 3.05) is 19.6 Å². The molecule has 0 aromatic rings. The van der Waals surface area contributed by atoms with E-state index in [1.54, 1.807) is 4.90 Å². The van der Waals surface area contributed by atoms with Gasteiger partial charge in [0.15, 0.2) is 0 Å². The monoisotopic (exact) mass is 270 g/mol. The number of carbonyl (C=O) groups is 3. The van der Waals surface area contributed by atoms with Gasteiger partial charge in [-0.25, -0.2) is 0 Å². The molecule has 0 heterocycles. The maximum absolute atomic E-state index is 11.8. The Kier molecular flexibility index (Phi) is 5.79. The Labute approximate surface area is 113 Å². The Bertz CT molecular complexity index is 353. The molecule has 19 heavy (non-hydrogen) atoms. The summed E-state index contributed by atoms with van der Waals surface area (Å²) in [5, 5.41) is 11.5. The van der Waals surface area contributed by atoms with Gasteiger partial charge in [-0.1, -0.05) is 0 Å². The predicted molar refractivity (Wildman–Crippen MR) is 69.4 cm³/mol. The summed E-state index contributed by atoms with van der Waals surface area (Å²) < 4.78 is 0. The molecule has 108 valence electrons. The van der Waals surface area contributed by atoms with E-state index in [1.165, 1.54) is 0 Å². The van der Waals surface area contributed by atoms with Crippen LogP contribution in [0.2, 0.25) is 0 Å². The van der Waals surface area contributed by atoms with Gasteiger partial charge in [0.25, 0.3) is 0 Å². The van der Waals surface area contributed by atoms with Crippen LogP contribution in [0, 0.1) is 11.8 Å². The van der Waals surface area contributed by atoms with Crippen molar-refractivity contribution < 1.29 is 19.5 Å². The fourth-order valence-electron chi connectivity index (χ4n) is 2.44. The maximum atomic E-state index is 11.8. The van der Waals surface area contributed by atoms with Crippen LogP contribution >= 0.6 is 0 Å². The molecule has 6 heteroatoms. The lowest BCUT2D eigenvalue weighted by atomic mass is 10.0. The predicted octanol–water partition coefficient (Wildman–Crippen LogP) is 0.472. The largest absolute Gasteiger partial charge is 0.481 e. The van der Waals surface area contributed by atoms with Gasteiger partial charge in [0.05, 0.1) is 12.5 Å². The molecule has 0 radical (unpaired) electrons. The molecule has 1 aliphatic carbocycles. The van der Waals surface area contributed by atoms with E-state index in [1.807, 2.05) is 13.8 Å². The van der Waals surface area contributed by atoms with Crippen molar-refractivity contribution in [3.63, 3.8) is 0 Å². The second kappa shape index (κ2) is 7.11. The summed E-state index contributed by atoms with van der Waals surface area (Å²) in [5.74, 6) is -1.84. The molecule has 0 unspecified atom stereocenters. The van der Waals surface area contributed by atoms with Crippen molar-refractivity contribution in [1.82, 2.24) is 10.2 Å². The van der Waals surface area contributed by atoms with Crippen LogP contribution in [0.25, 0.3) is 0 Å². The van der Waals surface area contributed by atoms with E-state index in [-0.39, 0.29) is 24.3 Å². The Hall–Kier alpha value is -1.59. The number of carbonyl (C=O) groups excluding carboxylic acids is 2. The smallest absolute Gasteiger partial charge is 0.306 e. The number of hydrogen-bond acceptors (Lipinski definition) is 3. The Morgan fingerprint density at radius 1 is 1.16 bits per heavy atom. The first-order valence-corrected chi connectivity index (χ1v) is 6.77. The number of rotatable bonds is 6. The van der Waals surface area contributed by atoms with Crippen molar-refractivity contribution >= 4 is 17.8 Å². The average molecular weight is 270 g/mol. The number of carboxylic acid groups (broad SMARTS) is 1. The van der Waals surface area contributed by atoms with Crippen molar-refractivity contribution in [3.05, 3.63) is 0 Å². The molecular weight excluding hydrogens is 248 g/mol. The molecule has 0 aromatic heterocycles. The van der Waals surface area contributed by atoms with Gasteiger partial charge in [-0.05, 0) is 33.1 Å². The van der Waals surface area contributed by atoms with Crippen molar-refractivity contribution in [3.8, 4) is 0 Å². The number of hydrogen-bond donors (Lipinski definition) is 2. The number of likely N-dealkylation sites (N-methyl/N-ethyl adjacent to an activating group) is 1. The minimum atomic E-state index is -0.838. The van der Waals surface area contributed by atoms with Gasteiger partial charge in [0.2, 0.25) is 11.8 Å². The lowest BCUT2D eigenvalue weighted by Gasteiger charge is -2.19. The molecule has 1 aliphatic rings. The van der Waals surface area contributed by atoms with Gasteiger partial charge >= 0.3 is 5.97 Å². The SMILES string of the molecule is CCN(CC)C(=O)CNC(=O)[C@@H]1CC[C@H](C(=O)O)C1. The summed E-state index contributed by atoms with van der Waals surface area (Å²) >= 11 is 0. The summed E-state index contributed by atoms with van der Waals surface area (Å²) in [5.41, 5.74) is 0. The third kappa shape index (κ3) is 4.22. The van der Waals surface area contributed by atoms with E-state index in [2.05, 4.69) is 5.32 Å². The highest BCUT2D eigenvalue weighted by atomic mass is 16.4. The van der Waals surface area contributed by atoms with Gasteiger partial charge in [0.1, 0.15) is 0 Å². The minimum absolute atomic E-state index is 0.00521. The molecular formula is C13H22N2O4. The molecule has 0 aromatic carbocycles. The normalized spacial score (nSPS) is 22.0. The molecule has 0 bridgehead atoms. The van der Waals surface area contributed by atoms with E-state index < -0.39 is 11.9 Å². The van der Waals surface area contributed by atoms with Crippen LogP contribution in [0.4, 0.5) is 0 Å². The molecule has 2 N–H and O–H groups in total. The zero-order valence-corrected chi connectivity index (χ0v) is 11.5. The Balaban J connectivity index is 2.36. The summed E-state index contributed by atoms with van der Waals surface area (Å²) in [6.07, 6.45) is 1.50. The highest BCUT2D eigenvalue weighted by molar-refractivity contribution is 5.86. The Morgan fingerprint density at radius 2 is 1.74 bits per heavy atom. The summed E-state index contributed by atoms with van der Waals surface area (Å²) in [4.78, 5) is 36.0. The number of nitrogens with one attached hydrogen (secondary N) is 1. The van der Waals surface area contributed by atoms with E-state index >= 15 is 0 Å². The van der Waals surface area contributed by atoms with Crippen molar-refractivity contribution in [2.45, 2.75) is 33.1 Å². The lowest BCUT2D eigenvalue weighted by Crippen LogP contribution is -2.41. The van der Waals surface area contributed by atoms with E-state index in [0.29, 0.717) is 32.4 Å². The first-order chi connectivity index (χ1) is 8.99. The van der Waals surface area contributed by atoms with Gasteiger partial charge in [-0.3, -0.25) is 14.4 Å². The standard InChI is InChI=1S/C13H22N2O4/c1-3-15(4-2)11(16)8-14-12(17)9-5-6-10(7-9)13(18)19/h9-10H,3-8H2,1-2H3,(H,14,17)(H,18,19)/t9-,10+/m1/s1. The van der Waals surface area contributed by atoms with Crippen LogP contribution in [0.3, 0.4) is 0 Å². The van der Waals surface area contributed by atoms with Crippen LogP contribution in [0.15, 0.2) is 0 Å². The van der Waals surface area contributed by atoms with Crippen molar-refractivity contribution in [1.29, 1.82) is 0 Å². The van der Waals surface area contributed by atoms with Gasteiger partial charge in [-0.2, -0.15) is 0 Å². The second-order valence-electron chi connectivity index (χ2n) is 4.83. The van der Waals surface area contributed by atoms with E-state index in [4.69, 9.17) is 5.11 Å². The van der Waals surface area contributed by atoms with Crippen molar-refractivity contribution in [2.24, 2.45) is 11.8 Å². The average Bonchev–Trinajstić information content (AvgIpc) is 2.87. The quantitative estimate of drug-likeness (QED) is 0.734. The minimum Gasteiger partial charge on any atom is -0.481 e. The van der Waals surface area contributed by atoms with Crippen LogP contribution < -0.4 is 5.32 Å². The first kappa shape index (κ1) is 15.5. The highest BCUT2D eigenvalue weighted by Gasteiger charge is 2.33. The number of amides is 2. The summed E-state index contributed by atoms with van der Waals surface area (Å²) in [6, 6.07) is 0. The lowest BCUT2D eigenvalue weighted by molar-refractivity contribution is -0.141. The zero-order valence-electron chi connectivity index (χ0n) is 11.5. The second-order valence-corrected chi connectivity index (χ2v) is 4.83. The van der Waals surface area contributed by atoms with Gasteiger partial charge in [-0.15, -0.1) is 0 Å². The number of aliphatic carboxylic acids is 1. The number of carboxylic acids is 1. The van der Waals surface area contributed by atoms with Gasteiger partial charge in [0, 0.05) is 19.0 Å². The van der Waals surface area contributed by atoms with Crippen LogP contribution in [0.5, 0.6) is 0 Å². The molecule has 0 spiro atoms. The summed E-state index contributed by atoms with van der Waals surface area (Å²) in [7, 11) is 0. The first-order valence-electron chi connectivity index (χ1n) is 6.77. The third-order valence-corrected chi connectivity index (χ3v) is 3.68. The third-order valence-electron chi connectivity index (χ3n) is 3.68. The molecule has 2 amide bonds. The molecule has 0 aliphatic heterocycles. The molecule has 1 fully saturated rings. The molecule has 2 atom stereocenters. The van der Waals surface area contributed by atoms with Crippen LogP contribution in [-0.4, -0.2) is 47.4 Å². The fourth-order valence-corrected chi connectivity index (χ4v) is 2.44. The van der Waals surface area contributed by atoms with E-state index in [9.17, 15) is 14.4 Å². The summed E-state index contributed by atoms with van der Waals surface area (Å²) in [6.45, 7) is 5.01. The fraction of sp³-hybridized carbons (Fsp3) is 0.769. The Morgan fingerprint density at radius 3 is 2.21 bits per heavy atom. The highest BCUT2D eigenvalue weighted by Crippen LogP contribution is 2.30.